The lowest BCUT2D eigenvalue weighted by Gasteiger charge is -2.27. The molecule has 6 rings (SSSR count). The number of imidazole rings is 1. The number of carbonyl (C=O) groups excluding carboxylic acids is 1. The molecule has 10 heteroatoms. The van der Waals surface area contributed by atoms with Crippen LogP contribution in [0.1, 0.15) is 65.6 Å². The van der Waals surface area contributed by atoms with Gasteiger partial charge in [-0.05, 0) is 87.4 Å². The zero-order chi connectivity index (χ0) is 30.2. The molecule has 0 radical (unpaired) electrons. The van der Waals surface area contributed by atoms with Crippen LogP contribution >= 0.6 is 0 Å². The molecule has 1 saturated carbocycles. The third-order valence-corrected chi connectivity index (χ3v) is 7.97. The fourth-order valence-corrected chi connectivity index (χ4v) is 5.46. The summed E-state index contributed by atoms with van der Waals surface area (Å²) < 4.78 is 16.4. The number of pyridine rings is 1. The highest BCUT2D eigenvalue weighted by molar-refractivity contribution is 6.06. The molecule has 0 aliphatic heterocycles. The molecule has 220 valence electrons. The summed E-state index contributed by atoms with van der Waals surface area (Å²) in [5.74, 6) is -0.132. The van der Waals surface area contributed by atoms with Crippen molar-refractivity contribution in [2.45, 2.75) is 58.5 Å². The first-order valence-corrected chi connectivity index (χ1v) is 14.5. The molecule has 3 aromatic heterocycles. The van der Waals surface area contributed by atoms with Crippen LogP contribution in [0.2, 0.25) is 0 Å². The second-order valence-corrected chi connectivity index (χ2v) is 11.5. The zero-order valence-electron chi connectivity index (χ0n) is 24.3. The molecule has 3 heterocycles. The Bertz CT molecular complexity index is 1900. The van der Waals surface area contributed by atoms with Gasteiger partial charge in [0.15, 0.2) is 5.65 Å². The number of benzene rings is 2. The molecule has 1 atom stereocenters. The molecule has 1 aliphatic rings. The van der Waals surface area contributed by atoms with Crippen molar-refractivity contribution < 1.29 is 9.18 Å². The summed E-state index contributed by atoms with van der Waals surface area (Å²) in [4.78, 5) is 55.2. The Morgan fingerprint density at radius 3 is 2.44 bits per heavy atom. The average molecular weight is 581 g/mol. The van der Waals surface area contributed by atoms with Crippen LogP contribution in [0.4, 0.5) is 10.1 Å². The van der Waals surface area contributed by atoms with E-state index in [4.69, 9.17) is 4.98 Å². The minimum absolute atomic E-state index is 0.126. The minimum Gasteiger partial charge on any atom is -0.336 e. The van der Waals surface area contributed by atoms with Crippen molar-refractivity contribution in [2.24, 2.45) is 5.92 Å². The van der Waals surface area contributed by atoms with E-state index in [1.165, 1.54) is 10.6 Å². The molecule has 1 fully saturated rings. The lowest BCUT2D eigenvalue weighted by Crippen LogP contribution is -2.37. The van der Waals surface area contributed by atoms with Crippen LogP contribution < -0.4 is 16.1 Å². The quantitative estimate of drug-likeness (QED) is 0.252. The number of nitrogens with zero attached hydrogens (tertiary/aromatic N) is 4. The first-order valence-electron chi connectivity index (χ1n) is 14.5. The highest BCUT2D eigenvalue weighted by Crippen LogP contribution is 2.33. The fraction of sp³-hybridized carbons (Fsp3) is 0.303. The van der Waals surface area contributed by atoms with Crippen molar-refractivity contribution in [1.82, 2.24) is 24.5 Å². The summed E-state index contributed by atoms with van der Waals surface area (Å²) >= 11 is 0. The average Bonchev–Trinajstić information content (AvgIpc) is 3.70. The number of aromatic amines is 2. The predicted molar refractivity (Wildman–Crippen MR) is 163 cm³/mol. The van der Waals surface area contributed by atoms with Crippen molar-refractivity contribution in [3.8, 4) is 0 Å². The molecule has 1 aliphatic carbocycles. The van der Waals surface area contributed by atoms with Crippen molar-refractivity contribution >= 4 is 22.8 Å². The van der Waals surface area contributed by atoms with Gasteiger partial charge in [0.1, 0.15) is 17.2 Å². The van der Waals surface area contributed by atoms with E-state index in [2.05, 4.69) is 15.0 Å². The number of fused-ring (bicyclic) bond motifs is 1. The fourth-order valence-electron chi connectivity index (χ4n) is 5.46. The maximum Gasteiger partial charge on any atom is 0.330 e. The Labute approximate surface area is 247 Å². The van der Waals surface area contributed by atoms with Gasteiger partial charge >= 0.3 is 5.69 Å². The molecule has 1 amide bonds. The number of hydrogen-bond donors (Lipinski definition) is 2. The lowest BCUT2D eigenvalue weighted by atomic mass is 9.90. The van der Waals surface area contributed by atoms with Crippen LogP contribution in [0.15, 0.2) is 76.4 Å². The van der Waals surface area contributed by atoms with Gasteiger partial charge < -0.3 is 9.88 Å². The molecular weight excluding hydrogens is 547 g/mol. The highest BCUT2D eigenvalue weighted by Gasteiger charge is 2.27. The first-order chi connectivity index (χ1) is 20.7. The maximum atomic E-state index is 14.9. The van der Waals surface area contributed by atoms with Gasteiger partial charge in [0.05, 0.1) is 5.56 Å². The molecule has 2 N–H and O–H groups in total. The summed E-state index contributed by atoms with van der Waals surface area (Å²) in [6.07, 6.45) is 3.91. The second kappa shape index (κ2) is 11.4. The van der Waals surface area contributed by atoms with Gasteiger partial charge in [0.2, 0.25) is 0 Å². The number of carbonyl (C=O) groups is 1. The number of halogens is 1. The van der Waals surface area contributed by atoms with Crippen LogP contribution in [0, 0.1) is 18.7 Å². The summed E-state index contributed by atoms with van der Waals surface area (Å²) in [5.41, 5.74) is 2.82. The van der Waals surface area contributed by atoms with Gasteiger partial charge in [-0.1, -0.05) is 30.3 Å². The van der Waals surface area contributed by atoms with Gasteiger partial charge in [0.25, 0.3) is 11.5 Å². The summed E-state index contributed by atoms with van der Waals surface area (Å²) in [5, 5.41) is 0. The number of hydrogen-bond acceptors (Lipinski definition) is 5. The SMILES string of the molecule is Cc1ccc(C(=O)N(c2ccc(C(Cc3ccccc3F)c3nc4c([nH]3)c(=O)[nH]c(=O)n4CC3CC3)cc2)C(C)C)cn1. The topological polar surface area (TPSA) is 117 Å². The molecule has 5 aromatic rings. The lowest BCUT2D eigenvalue weighted by molar-refractivity contribution is 0.0980. The van der Waals surface area contributed by atoms with Crippen molar-refractivity contribution in [3.63, 3.8) is 0 Å². The number of amides is 1. The van der Waals surface area contributed by atoms with E-state index in [-0.39, 0.29) is 29.7 Å². The van der Waals surface area contributed by atoms with Gasteiger partial charge in [-0.2, -0.15) is 0 Å². The monoisotopic (exact) mass is 580 g/mol. The number of H-pyrrole nitrogens is 2. The Hall–Kier alpha value is -4.86. The second-order valence-electron chi connectivity index (χ2n) is 11.5. The van der Waals surface area contributed by atoms with E-state index >= 15 is 0 Å². The van der Waals surface area contributed by atoms with Crippen molar-refractivity contribution in [2.75, 3.05) is 4.90 Å². The molecule has 2 aromatic carbocycles. The van der Waals surface area contributed by atoms with E-state index in [9.17, 15) is 18.8 Å². The van der Waals surface area contributed by atoms with Crippen molar-refractivity contribution in [1.29, 1.82) is 0 Å². The maximum absolute atomic E-state index is 14.9. The summed E-state index contributed by atoms with van der Waals surface area (Å²) in [6.45, 7) is 6.25. The predicted octanol–water partition coefficient (Wildman–Crippen LogP) is 5.10. The number of nitrogens with one attached hydrogen (secondary N) is 2. The van der Waals surface area contributed by atoms with E-state index in [1.807, 2.05) is 51.1 Å². The van der Waals surface area contributed by atoms with Crippen LogP contribution in [0.25, 0.3) is 11.2 Å². The molecule has 43 heavy (non-hydrogen) atoms. The van der Waals surface area contributed by atoms with E-state index in [1.54, 1.807) is 35.4 Å². The van der Waals surface area contributed by atoms with Crippen LogP contribution in [0.3, 0.4) is 0 Å². The number of aromatic nitrogens is 5. The van der Waals surface area contributed by atoms with E-state index in [0.717, 1.165) is 24.1 Å². The normalized spacial score (nSPS) is 13.9. The minimum atomic E-state index is -0.539. The smallest absolute Gasteiger partial charge is 0.330 e. The largest absolute Gasteiger partial charge is 0.336 e. The van der Waals surface area contributed by atoms with E-state index in [0.29, 0.717) is 40.7 Å². The first kappa shape index (κ1) is 28.3. The van der Waals surface area contributed by atoms with Gasteiger partial charge in [-0.25, -0.2) is 14.2 Å². The van der Waals surface area contributed by atoms with Gasteiger partial charge in [-0.15, -0.1) is 0 Å². The molecule has 0 spiro atoms. The Morgan fingerprint density at radius 1 is 1.05 bits per heavy atom. The third kappa shape index (κ3) is 5.77. The third-order valence-electron chi connectivity index (χ3n) is 7.97. The molecular formula is C33H33FN6O3. The summed E-state index contributed by atoms with van der Waals surface area (Å²) in [6, 6.07) is 17.5. The molecule has 9 nitrogen and oxygen atoms in total. The van der Waals surface area contributed by atoms with Gasteiger partial charge in [-0.3, -0.25) is 24.1 Å². The van der Waals surface area contributed by atoms with Crippen molar-refractivity contribution in [3.05, 3.63) is 122 Å². The van der Waals surface area contributed by atoms with Gasteiger partial charge in [0, 0.05) is 36.1 Å². The van der Waals surface area contributed by atoms with E-state index < -0.39 is 17.2 Å². The van der Waals surface area contributed by atoms with Crippen LogP contribution in [-0.4, -0.2) is 36.5 Å². The summed E-state index contributed by atoms with van der Waals surface area (Å²) in [7, 11) is 0. The molecule has 1 unspecified atom stereocenters. The Kier molecular flexibility index (Phi) is 7.52. The highest BCUT2D eigenvalue weighted by atomic mass is 19.1. The number of rotatable bonds is 9. The number of aryl methyl sites for hydroxylation is 1. The van der Waals surface area contributed by atoms with Crippen LogP contribution in [-0.2, 0) is 13.0 Å². The number of anilines is 1. The molecule has 0 saturated heterocycles. The standard InChI is InChI=1S/C33H33FN6O3/c1-19(2)40(32(42)24-11-8-20(3)35-17-24)25-14-12-22(13-15-25)26(16-23-6-4-5-7-27(23)34)29-36-28-30(37-29)39(18-21-9-10-21)33(43)38-31(28)41/h4-8,11-15,17,19,21,26H,9-10,16,18H2,1-3H3,(H,36,37)(H,38,41,43). The zero-order valence-corrected chi connectivity index (χ0v) is 24.3. The Balaban J connectivity index is 1.41. The van der Waals surface area contributed by atoms with Crippen LogP contribution in [0.5, 0.6) is 0 Å². The molecule has 0 bridgehead atoms. The Morgan fingerprint density at radius 2 is 1.79 bits per heavy atom.